The lowest BCUT2D eigenvalue weighted by molar-refractivity contribution is -0.111. The van der Waals surface area contributed by atoms with Gasteiger partial charge in [-0.05, 0) is 48.4 Å². The van der Waals surface area contributed by atoms with Crippen LogP contribution in [0.2, 0.25) is 5.02 Å². The van der Waals surface area contributed by atoms with Crippen molar-refractivity contribution in [3.63, 3.8) is 0 Å². The Morgan fingerprint density at radius 2 is 1.81 bits per heavy atom. The van der Waals surface area contributed by atoms with Gasteiger partial charge in [0.1, 0.15) is 0 Å². The number of carbonyl (C=O) groups is 1. The summed E-state index contributed by atoms with van der Waals surface area (Å²) in [4.78, 5) is 14.2. The molecule has 2 aromatic rings. The molecule has 0 saturated heterocycles. The molecule has 1 atom stereocenters. The number of halogens is 1. The Hall–Kier alpha value is -2.73. The van der Waals surface area contributed by atoms with Gasteiger partial charge < -0.3 is 14.4 Å². The largest absolute Gasteiger partial charge is 0.493 e. The first kappa shape index (κ1) is 17.7. The van der Waals surface area contributed by atoms with Crippen LogP contribution in [-0.2, 0) is 11.2 Å². The van der Waals surface area contributed by atoms with Gasteiger partial charge in [0, 0.05) is 24.1 Å². The lowest BCUT2D eigenvalue weighted by atomic mass is 9.95. The molecular formula is C20H20ClN3O3. The normalized spacial score (nSPS) is 17.9. The number of amidine groups is 1. The summed E-state index contributed by atoms with van der Waals surface area (Å²) < 4.78 is 10.9. The Bertz CT molecular complexity index is 927. The summed E-state index contributed by atoms with van der Waals surface area (Å²) in [5.41, 5.74) is 3.08. The van der Waals surface area contributed by atoms with E-state index in [4.69, 9.17) is 21.1 Å². The zero-order valence-electron chi connectivity index (χ0n) is 15.4. The second-order valence-corrected chi connectivity index (χ2v) is 6.96. The molecule has 0 radical (unpaired) electrons. The van der Waals surface area contributed by atoms with Gasteiger partial charge in [-0.15, -0.1) is 5.10 Å². The summed E-state index contributed by atoms with van der Waals surface area (Å²) >= 11 is 6.04. The van der Waals surface area contributed by atoms with Gasteiger partial charge in [-0.3, -0.25) is 4.79 Å². The Balaban J connectivity index is 1.85. The molecule has 0 spiro atoms. The Morgan fingerprint density at radius 1 is 1.15 bits per heavy atom. The number of nitrogens with zero attached hydrogens (tertiary/aromatic N) is 3. The molecule has 2 aliphatic rings. The van der Waals surface area contributed by atoms with E-state index in [0.717, 1.165) is 23.2 Å². The fourth-order valence-corrected chi connectivity index (χ4v) is 3.82. The number of ketones is 1. The lowest BCUT2D eigenvalue weighted by Crippen LogP contribution is -2.42. The van der Waals surface area contributed by atoms with Crippen LogP contribution in [0.3, 0.4) is 0 Å². The summed E-state index contributed by atoms with van der Waals surface area (Å²) in [6, 6.07) is 11.4. The molecule has 0 saturated carbocycles. The van der Waals surface area contributed by atoms with Crippen molar-refractivity contribution in [3.05, 3.63) is 52.5 Å². The van der Waals surface area contributed by atoms with Gasteiger partial charge in [0.05, 0.1) is 19.9 Å². The van der Waals surface area contributed by atoms with Crippen molar-refractivity contribution in [2.75, 3.05) is 25.8 Å². The molecule has 0 bridgehead atoms. The third kappa shape index (κ3) is 2.90. The first-order chi connectivity index (χ1) is 13.0. The molecule has 6 nitrogen and oxygen atoms in total. The maximum absolute atomic E-state index is 12.2. The highest BCUT2D eigenvalue weighted by molar-refractivity contribution is 6.38. The number of carbonyl (C=O) groups excluding carboxylic acids is 1. The zero-order chi connectivity index (χ0) is 19.1. The molecule has 0 aliphatic carbocycles. The van der Waals surface area contributed by atoms with Gasteiger partial charge in [-0.2, -0.15) is 0 Å². The van der Waals surface area contributed by atoms with Crippen molar-refractivity contribution < 1.29 is 14.3 Å². The van der Waals surface area contributed by atoms with Crippen LogP contribution in [0.5, 0.6) is 11.5 Å². The molecule has 2 aliphatic heterocycles. The van der Waals surface area contributed by atoms with Crippen LogP contribution in [0, 0.1) is 0 Å². The van der Waals surface area contributed by atoms with E-state index in [1.54, 1.807) is 21.1 Å². The number of hydrogen-bond acceptors (Lipinski definition) is 6. The minimum atomic E-state index is -0.214. The highest BCUT2D eigenvalue weighted by Gasteiger charge is 2.41. The quantitative estimate of drug-likeness (QED) is 0.804. The average molecular weight is 386 g/mol. The van der Waals surface area contributed by atoms with Crippen molar-refractivity contribution in [1.82, 2.24) is 4.90 Å². The SMILES string of the molecule is COc1cc2c(cc1OC)C1N(CC2)C(C(C)=O)=NN1c1ccc(Cl)cc1. The number of benzene rings is 2. The number of fused-ring (bicyclic) bond motifs is 3. The van der Waals surface area contributed by atoms with Gasteiger partial charge in [0.25, 0.3) is 0 Å². The van der Waals surface area contributed by atoms with Crippen LogP contribution < -0.4 is 14.5 Å². The van der Waals surface area contributed by atoms with Crippen LogP contribution in [0.4, 0.5) is 5.69 Å². The number of hydrogen-bond donors (Lipinski definition) is 0. The van der Waals surface area contributed by atoms with Crippen LogP contribution in [-0.4, -0.2) is 37.3 Å². The van der Waals surface area contributed by atoms with E-state index < -0.39 is 0 Å². The standard InChI is InChI=1S/C20H20ClN3O3/c1-12(25)19-22-24(15-6-4-14(21)5-7-15)20-16-11-18(27-3)17(26-2)10-13(16)8-9-23(19)20/h4-7,10-11,20H,8-9H2,1-3H3. The summed E-state index contributed by atoms with van der Waals surface area (Å²) in [6.45, 7) is 2.25. The van der Waals surface area contributed by atoms with Crippen molar-refractivity contribution in [3.8, 4) is 11.5 Å². The van der Waals surface area contributed by atoms with Crippen LogP contribution in [0.15, 0.2) is 41.5 Å². The second kappa shape index (κ2) is 6.78. The van der Waals surface area contributed by atoms with E-state index in [1.807, 2.05) is 46.3 Å². The van der Waals surface area contributed by atoms with Gasteiger partial charge in [-0.25, -0.2) is 5.01 Å². The van der Waals surface area contributed by atoms with Crippen LogP contribution >= 0.6 is 11.6 Å². The van der Waals surface area contributed by atoms with Crippen molar-refractivity contribution in [1.29, 1.82) is 0 Å². The number of rotatable bonds is 4. The highest BCUT2D eigenvalue weighted by Crippen LogP contribution is 2.43. The summed E-state index contributed by atoms with van der Waals surface area (Å²) in [7, 11) is 3.25. The van der Waals surface area contributed by atoms with Crippen molar-refractivity contribution >= 4 is 28.9 Å². The third-order valence-electron chi connectivity index (χ3n) is 4.95. The van der Waals surface area contributed by atoms with Crippen LogP contribution in [0.1, 0.15) is 24.2 Å². The first-order valence-corrected chi connectivity index (χ1v) is 9.07. The minimum absolute atomic E-state index is 0.0552. The first-order valence-electron chi connectivity index (χ1n) is 8.69. The monoisotopic (exact) mass is 385 g/mol. The molecule has 140 valence electrons. The molecule has 2 heterocycles. The fraction of sp³-hybridized carbons (Fsp3) is 0.300. The number of hydrazone groups is 1. The maximum atomic E-state index is 12.2. The molecule has 0 fully saturated rings. The molecule has 2 aromatic carbocycles. The van der Waals surface area contributed by atoms with E-state index in [2.05, 4.69) is 5.10 Å². The van der Waals surface area contributed by atoms with E-state index in [1.165, 1.54) is 0 Å². The second-order valence-electron chi connectivity index (χ2n) is 6.52. The lowest BCUT2D eigenvalue weighted by Gasteiger charge is -2.37. The van der Waals surface area contributed by atoms with E-state index in [9.17, 15) is 4.79 Å². The molecule has 1 unspecified atom stereocenters. The van der Waals surface area contributed by atoms with E-state index in [0.29, 0.717) is 28.9 Å². The van der Waals surface area contributed by atoms with Gasteiger partial charge in [-0.1, -0.05) is 11.6 Å². The Morgan fingerprint density at radius 3 is 2.44 bits per heavy atom. The molecule has 0 amide bonds. The predicted molar refractivity (Wildman–Crippen MR) is 105 cm³/mol. The van der Waals surface area contributed by atoms with Gasteiger partial charge >= 0.3 is 0 Å². The third-order valence-corrected chi connectivity index (χ3v) is 5.21. The predicted octanol–water partition coefficient (Wildman–Crippen LogP) is 3.64. The smallest absolute Gasteiger partial charge is 0.196 e. The van der Waals surface area contributed by atoms with Crippen molar-refractivity contribution in [2.45, 2.75) is 19.5 Å². The van der Waals surface area contributed by atoms with Gasteiger partial charge in [0.2, 0.25) is 0 Å². The maximum Gasteiger partial charge on any atom is 0.196 e. The molecule has 7 heteroatoms. The summed E-state index contributed by atoms with van der Waals surface area (Å²) in [6.07, 6.45) is 0.584. The van der Waals surface area contributed by atoms with Crippen LogP contribution in [0.25, 0.3) is 0 Å². The zero-order valence-corrected chi connectivity index (χ0v) is 16.2. The number of ether oxygens (including phenoxy) is 2. The number of methoxy groups -OCH3 is 2. The minimum Gasteiger partial charge on any atom is -0.493 e. The Labute approximate surface area is 162 Å². The van der Waals surface area contributed by atoms with Gasteiger partial charge in [0.15, 0.2) is 29.3 Å². The molecule has 0 N–H and O–H groups in total. The van der Waals surface area contributed by atoms with E-state index in [-0.39, 0.29) is 11.9 Å². The molecule has 0 aromatic heterocycles. The Kier molecular flexibility index (Phi) is 4.44. The fourth-order valence-electron chi connectivity index (χ4n) is 3.69. The number of anilines is 1. The summed E-state index contributed by atoms with van der Waals surface area (Å²) in [5, 5.41) is 7.17. The summed E-state index contributed by atoms with van der Waals surface area (Å²) in [5.74, 6) is 1.77. The highest BCUT2D eigenvalue weighted by atomic mass is 35.5. The van der Waals surface area contributed by atoms with Crippen molar-refractivity contribution in [2.24, 2.45) is 5.10 Å². The topological polar surface area (TPSA) is 54.4 Å². The van der Waals surface area contributed by atoms with E-state index >= 15 is 0 Å². The molecular weight excluding hydrogens is 366 g/mol. The molecule has 4 rings (SSSR count). The number of Topliss-reactive ketones (excluding diaryl/α,β-unsaturated/α-hetero) is 1. The molecule has 27 heavy (non-hydrogen) atoms. The average Bonchev–Trinajstić information content (AvgIpc) is 3.07.